The van der Waals surface area contributed by atoms with Gasteiger partial charge in [0, 0.05) is 6.20 Å². The van der Waals surface area contributed by atoms with Crippen molar-refractivity contribution >= 4 is 0 Å². The van der Waals surface area contributed by atoms with Crippen LogP contribution in [0.15, 0.2) is 30.5 Å². The van der Waals surface area contributed by atoms with E-state index in [9.17, 15) is 17.6 Å². The van der Waals surface area contributed by atoms with Gasteiger partial charge in [0.25, 0.3) is 0 Å². The Morgan fingerprint density at radius 2 is 1.95 bits per heavy atom. The Hall–Kier alpha value is -2.06. The second-order valence-corrected chi connectivity index (χ2v) is 4.37. The number of rotatable bonds is 3. The van der Waals surface area contributed by atoms with Crippen LogP contribution in [0.25, 0.3) is 0 Å². The molecule has 0 saturated heterocycles. The smallest absolute Gasteiger partial charge is 0.271 e. The Balaban J connectivity index is 2.49. The van der Waals surface area contributed by atoms with Gasteiger partial charge in [-0.15, -0.1) is 0 Å². The summed E-state index contributed by atoms with van der Waals surface area (Å²) in [6.45, 7) is 1.64. The zero-order chi connectivity index (χ0) is 15.6. The minimum atomic E-state index is -4.78. The maximum absolute atomic E-state index is 13.3. The topological polar surface area (TPSA) is 63.8 Å². The van der Waals surface area contributed by atoms with Gasteiger partial charge in [-0.05, 0) is 30.7 Å². The van der Waals surface area contributed by atoms with E-state index in [0.717, 1.165) is 12.1 Å². The maximum atomic E-state index is 13.3. The first kappa shape index (κ1) is 15.3. The van der Waals surface area contributed by atoms with Crippen molar-refractivity contribution in [3.8, 4) is 0 Å². The van der Waals surface area contributed by atoms with Crippen molar-refractivity contribution in [2.24, 2.45) is 5.84 Å². The van der Waals surface area contributed by atoms with E-state index in [2.05, 4.69) is 15.4 Å². The van der Waals surface area contributed by atoms with Crippen LogP contribution in [0, 0.1) is 12.7 Å². The van der Waals surface area contributed by atoms with E-state index in [0.29, 0.717) is 11.5 Å². The third-order valence-electron chi connectivity index (χ3n) is 2.89. The molecule has 0 aliphatic heterocycles. The van der Waals surface area contributed by atoms with Crippen LogP contribution in [0.3, 0.4) is 0 Å². The Kier molecular flexibility index (Phi) is 4.19. The lowest BCUT2D eigenvalue weighted by Crippen LogP contribution is -2.30. The highest BCUT2D eigenvalue weighted by Crippen LogP contribution is 2.33. The molecule has 1 aromatic heterocycles. The number of halogens is 4. The molecule has 1 aromatic carbocycles. The standard InChI is InChI=1S/C13H12F4N4/c1-7-19-5-4-11(20-7)12(21-18)8-2-3-10(14)9(6-8)13(15,16)17/h2-6,12,21H,18H2,1H3. The summed E-state index contributed by atoms with van der Waals surface area (Å²) in [7, 11) is 0. The lowest BCUT2D eigenvalue weighted by molar-refractivity contribution is -0.140. The number of nitrogens with zero attached hydrogens (tertiary/aromatic N) is 2. The summed E-state index contributed by atoms with van der Waals surface area (Å²) in [5.74, 6) is 4.52. The average molecular weight is 300 g/mol. The molecule has 8 heteroatoms. The molecule has 21 heavy (non-hydrogen) atoms. The summed E-state index contributed by atoms with van der Waals surface area (Å²) in [6.07, 6.45) is -3.31. The first-order valence-electron chi connectivity index (χ1n) is 5.95. The van der Waals surface area contributed by atoms with Gasteiger partial charge in [-0.1, -0.05) is 6.07 Å². The number of benzene rings is 1. The molecule has 0 fully saturated rings. The van der Waals surface area contributed by atoms with Gasteiger partial charge in [0.2, 0.25) is 0 Å². The molecule has 0 bridgehead atoms. The molecule has 1 unspecified atom stereocenters. The van der Waals surface area contributed by atoms with Crippen LogP contribution in [-0.4, -0.2) is 9.97 Å². The van der Waals surface area contributed by atoms with Crippen LogP contribution >= 0.6 is 0 Å². The Bertz CT molecular complexity index is 642. The van der Waals surface area contributed by atoms with Crippen molar-refractivity contribution in [2.75, 3.05) is 0 Å². The quantitative estimate of drug-likeness (QED) is 0.519. The van der Waals surface area contributed by atoms with E-state index in [1.807, 2.05) is 0 Å². The lowest BCUT2D eigenvalue weighted by atomic mass is 10.0. The molecule has 0 saturated carbocycles. The second kappa shape index (κ2) is 5.74. The molecule has 0 amide bonds. The molecule has 3 N–H and O–H groups in total. The largest absolute Gasteiger partial charge is 0.419 e. The highest BCUT2D eigenvalue weighted by molar-refractivity contribution is 5.33. The number of hydrogen-bond acceptors (Lipinski definition) is 4. The van der Waals surface area contributed by atoms with Crippen molar-refractivity contribution < 1.29 is 17.6 Å². The fourth-order valence-electron chi connectivity index (χ4n) is 1.93. The Morgan fingerprint density at radius 1 is 1.24 bits per heavy atom. The highest BCUT2D eigenvalue weighted by Gasteiger charge is 2.34. The van der Waals surface area contributed by atoms with E-state index >= 15 is 0 Å². The SMILES string of the molecule is Cc1nccc(C(NN)c2ccc(F)c(C(F)(F)F)c2)n1. The van der Waals surface area contributed by atoms with E-state index in [4.69, 9.17) is 5.84 Å². The fraction of sp³-hybridized carbons (Fsp3) is 0.231. The second-order valence-electron chi connectivity index (χ2n) is 4.37. The summed E-state index contributed by atoms with van der Waals surface area (Å²) in [6, 6.07) is 3.43. The molecule has 4 nitrogen and oxygen atoms in total. The molecule has 2 aromatic rings. The molecule has 0 spiro atoms. The van der Waals surface area contributed by atoms with Crippen molar-refractivity contribution in [2.45, 2.75) is 19.1 Å². The van der Waals surface area contributed by atoms with Gasteiger partial charge in [0.15, 0.2) is 0 Å². The maximum Gasteiger partial charge on any atom is 0.419 e. The van der Waals surface area contributed by atoms with E-state index < -0.39 is 23.6 Å². The van der Waals surface area contributed by atoms with Crippen LogP contribution in [0.2, 0.25) is 0 Å². The van der Waals surface area contributed by atoms with Gasteiger partial charge < -0.3 is 0 Å². The Morgan fingerprint density at radius 3 is 2.52 bits per heavy atom. The summed E-state index contributed by atoms with van der Waals surface area (Å²) < 4.78 is 51.5. The number of aryl methyl sites for hydroxylation is 1. The van der Waals surface area contributed by atoms with Crippen LogP contribution in [0.5, 0.6) is 0 Å². The van der Waals surface area contributed by atoms with Crippen molar-refractivity contribution in [3.63, 3.8) is 0 Å². The number of aromatic nitrogens is 2. The number of alkyl halides is 3. The summed E-state index contributed by atoms with van der Waals surface area (Å²) >= 11 is 0. The van der Waals surface area contributed by atoms with E-state index in [1.165, 1.54) is 18.3 Å². The van der Waals surface area contributed by atoms with Gasteiger partial charge >= 0.3 is 6.18 Å². The van der Waals surface area contributed by atoms with Gasteiger partial charge in [-0.25, -0.2) is 19.8 Å². The van der Waals surface area contributed by atoms with Crippen LogP contribution in [0.1, 0.15) is 28.7 Å². The number of nitrogens with one attached hydrogen (secondary N) is 1. The molecule has 1 heterocycles. The van der Waals surface area contributed by atoms with E-state index in [1.54, 1.807) is 6.92 Å². The highest BCUT2D eigenvalue weighted by atomic mass is 19.4. The summed E-state index contributed by atoms with van der Waals surface area (Å²) in [5, 5.41) is 0. The number of nitrogens with two attached hydrogens (primary N) is 1. The molecule has 0 radical (unpaired) electrons. The molecule has 2 rings (SSSR count). The normalized spacial score (nSPS) is 13.2. The van der Waals surface area contributed by atoms with Crippen molar-refractivity contribution in [3.05, 3.63) is 58.9 Å². The zero-order valence-corrected chi connectivity index (χ0v) is 10.9. The monoisotopic (exact) mass is 300 g/mol. The van der Waals surface area contributed by atoms with Gasteiger partial charge in [-0.3, -0.25) is 5.84 Å². The number of hydrazine groups is 1. The van der Waals surface area contributed by atoms with Crippen LogP contribution in [-0.2, 0) is 6.18 Å². The minimum Gasteiger partial charge on any atom is -0.271 e. The first-order valence-corrected chi connectivity index (χ1v) is 5.95. The Labute approximate surface area is 118 Å². The fourth-order valence-corrected chi connectivity index (χ4v) is 1.93. The average Bonchev–Trinajstić information content (AvgIpc) is 2.40. The van der Waals surface area contributed by atoms with Crippen molar-refractivity contribution in [1.82, 2.24) is 15.4 Å². The van der Waals surface area contributed by atoms with E-state index in [-0.39, 0.29) is 5.56 Å². The van der Waals surface area contributed by atoms with Gasteiger partial charge in [-0.2, -0.15) is 13.2 Å². The summed E-state index contributed by atoms with van der Waals surface area (Å²) in [5.41, 5.74) is 1.59. The summed E-state index contributed by atoms with van der Waals surface area (Å²) in [4.78, 5) is 8.01. The molecular formula is C13H12F4N4. The first-order chi connectivity index (χ1) is 9.82. The van der Waals surface area contributed by atoms with Gasteiger partial charge in [0.05, 0.1) is 17.3 Å². The molecule has 112 valence electrons. The molecule has 1 atom stereocenters. The molecule has 0 aliphatic rings. The third kappa shape index (κ3) is 3.34. The predicted molar refractivity (Wildman–Crippen MR) is 67.3 cm³/mol. The van der Waals surface area contributed by atoms with Crippen LogP contribution in [0.4, 0.5) is 17.6 Å². The molecular weight excluding hydrogens is 288 g/mol. The van der Waals surface area contributed by atoms with Crippen LogP contribution < -0.4 is 11.3 Å². The van der Waals surface area contributed by atoms with Gasteiger partial charge in [0.1, 0.15) is 11.6 Å². The predicted octanol–water partition coefficient (Wildman–Crippen LogP) is 2.50. The minimum absolute atomic E-state index is 0.157. The lowest BCUT2D eigenvalue weighted by Gasteiger charge is -2.18. The number of hydrogen-bond donors (Lipinski definition) is 2. The third-order valence-corrected chi connectivity index (χ3v) is 2.89. The van der Waals surface area contributed by atoms with Crippen molar-refractivity contribution in [1.29, 1.82) is 0 Å². The zero-order valence-electron chi connectivity index (χ0n) is 10.9. The molecule has 0 aliphatic carbocycles.